The average molecular weight is 331 g/mol. The minimum absolute atomic E-state index is 0.0651. The number of nitrogen functional groups attached to an aromatic ring is 1. The molecule has 0 aliphatic heterocycles. The molecule has 18 heavy (non-hydrogen) atoms. The Labute approximate surface area is 121 Å². The van der Waals surface area contributed by atoms with Crippen molar-refractivity contribution in [3.63, 3.8) is 0 Å². The van der Waals surface area contributed by atoms with Gasteiger partial charge >= 0.3 is 0 Å². The van der Waals surface area contributed by atoms with E-state index in [1.165, 1.54) is 0 Å². The second-order valence-corrected chi connectivity index (χ2v) is 6.44. The predicted octanol–water partition coefficient (Wildman–Crippen LogP) is 3.21. The van der Waals surface area contributed by atoms with Gasteiger partial charge in [0.25, 0.3) is 5.91 Å². The molecule has 0 fully saturated rings. The minimum atomic E-state index is -0.0651. The van der Waals surface area contributed by atoms with E-state index in [0.717, 1.165) is 21.5 Å². The number of thioether (sulfide) groups is 1. The molecule has 3 nitrogen and oxygen atoms in total. The molecule has 100 valence electrons. The molecule has 0 radical (unpaired) electrons. The van der Waals surface area contributed by atoms with E-state index >= 15 is 0 Å². The number of hydrogen-bond acceptors (Lipinski definition) is 3. The Morgan fingerprint density at radius 1 is 1.56 bits per heavy atom. The summed E-state index contributed by atoms with van der Waals surface area (Å²) in [6.07, 6.45) is 0. The first kappa shape index (κ1) is 15.4. The maximum Gasteiger partial charge on any atom is 0.251 e. The normalized spacial score (nSPS) is 12.2. The number of nitrogens with two attached hydrogens (primary N) is 1. The number of benzene rings is 1. The lowest BCUT2D eigenvalue weighted by molar-refractivity contribution is 0.0943. The van der Waals surface area contributed by atoms with E-state index in [0.29, 0.717) is 11.3 Å². The molecule has 0 saturated heterocycles. The summed E-state index contributed by atoms with van der Waals surface area (Å²) in [5.74, 6) is 1.91. The van der Waals surface area contributed by atoms with Crippen molar-refractivity contribution in [3.8, 4) is 0 Å². The standard InChI is InChI=1S/C13H19BrN2OS/c1-4-18-7-8(2)16-13(17)11-5-10(14)6-12(15)9(11)3/h5-6,8H,4,7,15H2,1-3H3,(H,16,17). The van der Waals surface area contributed by atoms with Crippen LogP contribution in [-0.4, -0.2) is 23.5 Å². The average Bonchev–Trinajstić information content (AvgIpc) is 2.30. The number of rotatable bonds is 5. The maximum absolute atomic E-state index is 12.1. The Kier molecular flexibility index (Phi) is 6.02. The van der Waals surface area contributed by atoms with Gasteiger partial charge in [-0.2, -0.15) is 11.8 Å². The highest BCUT2D eigenvalue weighted by Gasteiger charge is 2.14. The summed E-state index contributed by atoms with van der Waals surface area (Å²) >= 11 is 5.17. The van der Waals surface area contributed by atoms with Crippen LogP contribution in [0.3, 0.4) is 0 Å². The van der Waals surface area contributed by atoms with Gasteiger partial charge in [-0.05, 0) is 37.3 Å². The molecule has 0 bridgehead atoms. The first-order chi connectivity index (χ1) is 8.45. The summed E-state index contributed by atoms with van der Waals surface area (Å²) in [4.78, 5) is 12.1. The highest BCUT2D eigenvalue weighted by Crippen LogP contribution is 2.22. The molecule has 1 amide bonds. The molecule has 0 saturated carbocycles. The lowest BCUT2D eigenvalue weighted by atomic mass is 10.1. The molecule has 1 rings (SSSR count). The summed E-state index contributed by atoms with van der Waals surface area (Å²) in [5.41, 5.74) is 7.95. The van der Waals surface area contributed by atoms with Crippen molar-refractivity contribution in [2.45, 2.75) is 26.8 Å². The van der Waals surface area contributed by atoms with E-state index in [1.807, 2.05) is 31.7 Å². The van der Waals surface area contributed by atoms with Crippen molar-refractivity contribution in [3.05, 3.63) is 27.7 Å². The summed E-state index contributed by atoms with van der Waals surface area (Å²) in [5, 5.41) is 2.99. The van der Waals surface area contributed by atoms with Gasteiger partial charge < -0.3 is 11.1 Å². The zero-order valence-electron chi connectivity index (χ0n) is 10.9. The van der Waals surface area contributed by atoms with Crippen LogP contribution in [0.5, 0.6) is 0 Å². The smallest absolute Gasteiger partial charge is 0.251 e. The van der Waals surface area contributed by atoms with Gasteiger partial charge in [-0.1, -0.05) is 22.9 Å². The van der Waals surface area contributed by atoms with Crippen LogP contribution in [-0.2, 0) is 0 Å². The fourth-order valence-electron chi connectivity index (χ4n) is 1.57. The Balaban J connectivity index is 2.78. The molecule has 0 heterocycles. The summed E-state index contributed by atoms with van der Waals surface area (Å²) in [7, 11) is 0. The van der Waals surface area contributed by atoms with Crippen LogP contribution in [0.2, 0.25) is 0 Å². The molecular weight excluding hydrogens is 312 g/mol. The quantitative estimate of drug-likeness (QED) is 0.815. The first-order valence-electron chi connectivity index (χ1n) is 5.90. The third-order valence-electron chi connectivity index (χ3n) is 2.61. The van der Waals surface area contributed by atoms with E-state index in [1.54, 1.807) is 6.07 Å². The van der Waals surface area contributed by atoms with E-state index in [4.69, 9.17) is 5.73 Å². The van der Waals surface area contributed by atoms with E-state index in [2.05, 4.69) is 28.2 Å². The topological polar surface area (TPSA) is 55.1 Å². The molecule has 5 heteroatoms. The molecule has 1 unspecified atom stereocenters. The van der Waals surface area contributed by atoms with Gasteiger partial charge in [-0.15, -0.1) is 0 Å². The van der Waals surface area contributed by atoms with Crippen LogP contribution in [0.4, 0.5) is 5.69 Å². The number of carbonyl (C=O) groups excluding carboxylic acids is 1. The number of amides is 1. The molecule has 1 aromatic rings. The highest BCUT2D eigenvalue weighted by atomic mass is 79.9. The van der Waals surface area contributed by atoms with Crippen molar-refractivity contribution in [2.75, 3.05) is 17.2 Å². The summed E-state index contributed by atoms with van der Waals surface area (Å²) in [6, 6.07) is 3.77. The van der Waals surface area contributed by atoms with Gasteiger partial charge in [0.05, 0.1) is 0 Å². The van der Waals surface area contributed by atoms with Gasteiger partial charge in [0, 0.05) is 27.5 Å². The maximum atomic E-state index is 12.1. The van der Waals surface area contributed by atoms with Gasteiger partial charge in [0.2, 0.25) is 0 Å². The molecule has 0 aliphatic carbocycles. The number of anilines is 1. The third-order valence-corrected chi connectivity index (χ3v) is 4.21. The van der Waals surface area contributed by atoms with Crippen LogP contribution in [0.15, 0.2) is 16.6 Å². The van der Waals surface area contributed by atoms with Crippen LogP contribution in [0.1, 0.15) is 29.8 Å². The van der Waals surface area contributed by atoms with Crippen molar-refractivity contribution in [1.82, 2.24) is 5.32 Å². The Morgan fingerprint density at radius 2 is 2.22 bits per heavy atom. The lowest BCUT2D eigenvalue weighted by Crippen LogP contribution is -2.34. The fraction of sp³-hybridized carbons (Fsp3) is 0.462. The lowest BCUT2D eigenvalue weighted by Gasteiger charge is -2.15. The minimum Gasteiger partial charge on any atom is -0.398 e. The molecule has 1 aromatic carbocycles. The van der Waals surface area contributed by atoms with Crippen molar-refractivity contribution < 1.29 is 4.79 Å². The van der Waals surface area contributed by atoms with Crippen molar-refractivity contribution in [1.29, 1.82) is 0 Å². The zero-order valence-corrected chi connectivity index (χ0v) is 13.3. The molecular formula is C13H19BrN2OS. The molecule has 0 aliphatic rings. The number of nitrogens with one attached hydrogen (secondary N) is 1. The van der Waals surface area contributed by atoms with Crippen LogP contribution in [0, 0.1) is 6.92 Å². The van der Waals surface area contributed by atoms with Crippen LogP contribution in [0.25, 0.3) is 0 Å². The SMILES string of the molecule is CCSCC(C)NC(=O)c1cc(Br)cc(N)c1C. The van der Waals surface area contributed by atoms with Gasteiger partial charge in [0.1, 0.15) is 0 Å². The van der Waals surface area contributed by atoms with Crippen LogP contribution < -0.4 is 11.1 Å². The molecule has 0 spiro atoms. The second-order valence-electron chi connectivity index (χ2n) is 4.20. The summed E-state index contributed by atoms with van der Waals surface area (Å²) < 4.78 is 0.825. The largest absolute Gasteiger partial charge is 0.398 e. The van der Waals surface area contributed by atoms with E-state index < -0.39 is 0 Å². The van der Waals surface area contributed by atoms with Crippen LogP contribution >= 0.6 is 27.7 Å². The number of carbonyl (C=O) groups is 1. The van der Waals surface area contributed by atoms with E-state index in [9.17, 15) is 4.79 Å². The van der Waals surface area contributed by atoms with Crippen molar-refractivity contribution in [2.24, 2.45) is 0 Å². The Bertz CT molecular complexity index is 437. The fourth-order valence-corrected chi connectivity index (χ4v) is 2.72. The van der Waals surface area contributed by atoms with Gasteiger partial charge in [0.15, 0.2) is 0 Å². The van der Waals surface area contributed by atoms with E-state index in [-0.39, 0.29) is 11.9 Å². The first-order valence-corrected chi connectivity index (χ1v) is 7.84. The molecule has 1 atom stereocenters. The van der Waals surface area contributed by atoms with Crippen molar-refractivity contribution >= 4 is 39.3 Å². The molecule has 3 N–H and O–H groups in total. The summed E-state index contributed by atoms with van der Waals surface area (Å²) in [6.45, 7) is 5.98. The number of hydrogen-bond donors (Lipinski definition) is 2. The zero-order chi connectivity index (χ0) is 13.7. The highest BCUT2D eigenvalue weighted by molar-refractivity contribution is 9.10. The second kappa shape index (κ2) is 7.04. The Hall–Kier alpha value is -0.680. The monoisotopic (exact) mass is 330 g/mol. The predicted molar refractivity (Wildman–Crippen MR) is 83.2 cm³/mol. The number of halogens is 1. The third kappa shape index (κ3) is 4.21. The Morgan fingerprint density at radius 3 is 2.83 bits per heavy atom. The van der Waals surface area contributed by atoms with Gasteiger partial charge in [-0.3, -0.25) is 4.79 Å². The molecule has 0 aromatic heterocycles. The van der Waals surface area contributed by atoms with Gasteiger partial charge in [-0.25, -0.2) is 0 Å².